The first-order chi connectivity index (χ1) is 16.8. The summed E-state index contributed by atoms with van der Waals surface area (Å²) in [5, 5.41) is 99.2. The van der Waals surface area contributed by atoms with Crippen molar-refractivity contribution in [3.63, 3.8) is 0 Å². The van der Waals surface area contributed by atoms with Crippen molar-refractivity contribution in [3.05, 3.63) is 0 Å². The second-order valence-electron chi connectivity index (χ2n) is 6.98. The molecule has 0 aliphatic rings. The van der Waals surface area contributed by atoms with Gasteiger partial charge in [0.05, 0.1) is 25.7 Å². The normalized spacial score (nSPS) is 11.7. The van der Waals surface area contributed by atoms with E-state index in [1.165, 1.54) is 13.8 Å². The Morgan fingerprint density at radius 3 is 0.658 bits per heavy atom. The van der Waals surface area contributed by atoms with Crippen LogP contribution in [0.3, 0.4) is 0 Å². The SMILES string of the molecule is CC(O)C(=O)O.CC(O)C(=O)O.O=C(O)CC(O)(CC(=O)O)C(=O)O.O=C(O)CC(O)(CC(=O)O)C(=O)O. The van der Waals surface area contributed by atoms with Gasteiger partial charge < -0.3 is 61.3 Å². The molecule has 0 spiro atoms. The highest BCUT2D eigenvalue weighted by Gasteiger charge is 2.41. The second-order valence-corrected chi connectivity index (χ2v) is 6.98. The number of aliphatic carboxylic acids is 8. The summed E-state index contributed by atoms with van der Waals surface area (Å²) in [6, 6.07) is 0. The monoisotopic (exact) mass is 564 g/mol. The molecule has 0 aromatic carbocycles. The first-order valence-electron chi connectivity index (χ1n) is 9.45. The number of rotatable bonds is 12. The molecule has 0 saturated carbocycles. The van der Waals surface area contributed by atoms with Crippen LogP contribution in [0.5, 0.6) is 0 Å². The maximum Gasteiger partial charge on any atom is 0.336 e. The Balaban J connectivity index is -0.000000216. The Morgan fingerprint density at radius 1 is 0.474 bits per heavy atom. The number of aliphatic hydroxyl groups excluding tert-OH is 2. The van der Waals surface area contributed by atoms with Gasteiger partial charge in [-0.05, 0) is 13.8 Å². The van der Waals surface area contributed by atoms with Crippen molar-refractivity contribution in [2.24, 2.45) is 0 Å². The highest BCUT2D eigenvalue weighted by Crippen LogP contribution is 2.16. The van der Waals surface area contributed by atoms with E-state index in [0.717, 1.165) is 0 Å². The highest BCUT2D eigenvalue weighted by molar-refractivity contribution is 5.88. The van der Waals surface area contributed by atoms with E-state index in [4.69, 9.17) is 61.3 Å². The van der Waals surface area contributed by atoms with E-state index in [-0.39, 0.29) is 0 Å². The lowest BCUT2D eigenvalue weighted by atomic mass is 9.96. The lowest BCUT2D eigenvalue weighted by molar-refractivity contribution is -0.170. The Labute approximate surface area is 211 Å². The van der Waals surface area contributed by atoms with Crippen molar-refractivity contribution >= 4 is 47.8 Å². The molecule has 220 valence electrons. The molecule has 20 heteroatoms. The number of carboxylic acid groups (broad SMARTS) is 8. The van der Waals surface area contributed by atoms with Gasteiger partial charge in [0, 0.05) is 0 Å². The van der Waals surface area contributed by atoms with Crippen molar-refractivity contribution in [2.45, 2.75) is 62.9 Å². The second kappa shape index (κ2) is 18.8. The number of carbonyl (C=O) groups is 8. The van der Waals surface area contributed by atoms with Gasteiger partial charge in [0.2, 0.25) is 0 Å². The van der Waals surface area contributed by atoms with Crippen molar-refractivity contribution in [1.29, 1.82) is 0 Å². The minimum Gasteiger partial charge on any atom is -0.481 e. The van der Waals surface area contributed by atoms with Crippen LogP contribution >= 0.6 is 0 Å². The molecule has 0 saturated heterocycles. The molecule has 0 aliphatic carbocycles. The average Bonchev–Trinajstić information content (AvgIpc) is 2.66. The molecule has 2 atom stereocenters. The van der Waals surface area contributed by atoms with E-state index in [9.17, 15) is 38.4 Å². The molecule has 0 fully saturated rings. The number of carboxylic acids is 8. The molecule has 2 unspecified atom stereocenters. The molecular weight excluding hydrogens is 536 g/mol. The minimum absolute atomic E-state index is 1.14. The van der Waals surface area contributed by atoms with Crippen LogP contribution in [0.15, 0.2) is 0 Å². The fourth-order valence-electron chi connectivity index (χ4n) is 1.43. The third kappa shape index (κ3) is 23.3. The molecule has 0 rings (SSSR count). The Hall–Kier alpha value is -4.40. The molecule has 0 aliphatic heterocycles. The van der Waals surface area contributed by atoms with Gasteiger partial charge in [-0.2, -0.15) is 0 Å². The third-order valence-corrected chi connectivity index (χ3v) is 3.29. The van der Waals surface area contributed by atoms with E-state index >= 15 is 0 Å². The lowest BCUT2D eigenvalue weighted by Crippen LogP contribution is -2.42. The highest BCUT2D eigenvalue weighted by atomic mass is 16.4. The van der Waals surface area contributed by atoms with Crippen LogP contribution in [0.4, 0.5) is 0 Å². The Kier molecular flexibility index (Phi) is 20.2. The molecule has 12 N–H and O–H groups in total. The molecule has 20 nitrogen and oxygen atoms in total. The van der Waals surface area contributed by atoms with Crippen LogP contribution in [-0.4, -0.2) is 132 Å². The summed E-state index contributed by atoms with van der Waals surface area (Å²) < 4.78 is 0. The predicted molar refractivity (Wildman–Crippen MR) is 113 cm³/mol. The quantitative estimate of drug-likeness (QED) is 0.109. The maximum absolute atomic E-state index is 10.3. The van der Waals surface area contributed by atoms with Gasteiger partial charge in [-0.15, -0.1) is 0 Å². The topological polar surface area (TPSA) is 379 Å². The van der Waals surface area contributed by atoms with E-state index in [1.807, 2.05) is 0 Å². The first-order valence-corrected chi connectivity index (χ1v) is 9.45. The van der Waals surface area contributed by atoms with Crippen LogP contribution in [0.25, 0.3) is 0 Å². The summed E-state index contributed by atoms with van der Waals surface area (Å²) in [5.74, 6) is -12.4. The molecule has 0 bridgehead atoms. The number of aliphatic hydroxyl groups is 4. The molecular formula is C18H28O20. The van der Waals surface area contributed by atoms with Crippen molar-refractivity contribution < 1.29 is 99.6 Å². The Morgan fingerprint density at radius 2 is 0.605 bits per heavy atom. The summed E-state index contributed by atoms with van der Waals surface area (Å²) in [7, 11) is 0. The summed E-state index contributed by atoms with van der Waals surface area (Å²) >= 11 is 0. The van der Waals surface area contributed by atoms with Gasteiger partial charge in [-0.25, -0.2) is 19.2 Å². The molecule has 0 heterocycles. The summed E-state index contributed by atoms with van der Waals surface area (Å²) in [4.78, 5) is 79.9. The summed E-state index contributed by atoms with van der Waals surface area (Å²) in [5.41, 5.74) is -5.48. The summed E-state index contributed by atoms with van der Waals surface area (Å²) in [6.45, 7) is 2.39. The Bertz CT molecular complexity index is 754. The average molecular weight is 564 g/mol. The van der Waals surface area contributed by atoms with Crippen LogP contribution in [-0.2, 0) is 38.4 Å². The van der Waals surface area contributed by atoms with E-state index < -0.39 is 96.8 Å². The maximum atomic E-state index is 10.3. The van der Waals surface area contributed by atoms with Crippen molar-refractivity contribution in [1.82, 2.24) is 0 Å². The minimum atomic E-state index is -2.74. The number of hydrogen-bond acceptors (Lipinski definition) is 12. The zero-order valence-electron chi connectivity index (χ0n) is 19.6. The molecule has 0 aromatic rings. The van der Waals surface area contributed by atoms with Crippen molar-refractivity contribution in [3.8, 4) is 0 Å². The standard InChI is InChI=1S/2C6H8O7.2C3H6O3/c2*7-3(8)1-6(13,5(11)12)2-4(9)10;2*1-2(4)3(5)6/h2*13H,1-2H2,(H,7,8)(H,9,10)(H,11,12);2*2,4H,1H3,(H,5,6). The van der Waals surface area contributed by atoms with Crippen LogP contribution in [0.1, 0.15) is 39.5 Å². The third-order valence-electron chi connectivity index (χ3n) is 3.29. The van der Waals surface area contributed by atoms with Crippen LogP contribution in [0.2, 0.25) is 0 Å². The first kappa shape index (κ1) is 40.8. The summed E-state index contributed by atoms with van der Waals surface area (Å²) in [6.07, 6.45) is -7.04. The van der Waals surface area contributed by atoms with Gasteiger partial charge in [0.1, 0.15) is 12.2 Å². The van der Waals surface area contributed by atoms with Crippen molar-refractivity contribution in [2.75, 3.05) is 0 Å². The zero-order chi connectivity index (χ0) is 31.6. The number of hydrogen-bond donors (Lipinski definition) is 12. The van der Waals surface area contributed by atoms with Crippen LogP contribution < -0.4 is 0 Å². The molecule has 0 aromatic heterocycles. The van der Waals surface area contributed by atoms with Gasteiger partial charge in [-0.3, -0.25) is 19.2 Å². The smallest absolute Gasteiger partial charge is 0.336 e. The van der Waals surface area contributed by atoms with E-state index in [2.05, 4.69) is 0 Å². The van der Waals surface area contributed by atoms with Gasteiger partial charge >= 0.3 is 47.8 Å². The predicted octanol–water partition coefficient (Wildman–Crippen LogP) is -3.59. The molecule has 0 amide bonds. The fourth-order valence-corrected chi connectivity index (χ4v) is 1.43. The molecule has 0 radical (unpaired) electrons. The van der Waals surface area contributed by atoms with Gasteiger partial charge in [0.25, 0.3) is 0 Å². The van der Waals surface area contributed by atoms with Gasteiger partial charge in [0.15, 0.2) is 11.2 Å². The van der Waals surface area contributed by atoms with E-state index in [1.54, 1.807) is 0 Å². The zero-order valence-corrected chi connectivity index (χ0v) is 19.6. The fraction of sp³-hybridized carbons (Fsp3) is 0.556. The lowest BCUT2D eigenvalue weighted by Gasteiger charge is -2.18. The largest absolute Gasteiger partial charge is 0.481 e. The molecule has 38 heavy (non-hydrogen) atoms. The van der Waals surface area contributed by atoms with Crippen LogP contribution in [0, 0.1) is 0 Å². The van der Waals surface area contributed by atoms with Gasteiger partial charge in [-0.1, -0.05) is 0 Å². The van der Waals surface area contributed by atoms with E-state index in [0.29, 0.717) is 0 Å².